The van der Waals surface area contributed by atoms with Gasteiger partial charge in [0.15, 0.2) is 5.25 Å². The van der Waals surface area contributed by atoms with Gasteiger partial charge in [-0.25, -0.2) is 0 Å². The van der Waals surface area contributed by atoms with E-state index in [1.54, 1.807) is 0 Å². The third-order valence-electron chi connectivity index (χ3n) is 6.48. The molecule has 218 valence electrons. The maximum atomic E-state index is 12.2. The fraction of sp³-hybridized carbons (Fsp3) is 0.929. The van der Waals surface area contributed by atoms with Crippen molar-refractivity contribution in [2.75, 3.05) is 13.2 Å². The number of hydrogen-bond acceptors (Lipinski definition) is 6. The summed E-state index contributed by atoms with van der Waals surface area (Å²) < 4.78 is 42.7. The largest absolute Gasteiger partial charge is 1.00 e. The van der Waals surface area contributed by atoms with Crippen LogP contribution in [0.1, 0.15) is 152 Å². The van der Waals surface area contributed by atoms with Gasteiger partial charge in [0.1, 0.15) is 0 Å². The molecule has 0 saturated heterocycles. The normalized spacial score (nSPS) is 11.8. The van der Waals surface area contributed by atoms with Crippen molar-refractivity contribution in [1.29, 1.82) is 0 Å². The number of ether oxygens (including phenoxy) is 2. The molecule has 0 aliphatic carbocycles. The SMILES string of the molecule is CCCCCCCCCCCCOC(=O)CC(C(=O)OCCCCCCCCCCCC)S(=O)(=O)O.[H-].[H-].[Na+].[Na+]. The number of esters is 2. The molecule has 10 heteroatoms. The summed E-state index contributed by atoms with van der Waals surface area (Å²) in [5, 5.41) is -1.93. The summed E-state index contributed by atoms with van der Waals surface area (Å²) in [5.74, 6) is -1.91. The number of carbonyl (C=O) groups is 2. The van der Waals surface area contributed by atoms with Crippen molar-refractivity contribution >= 4 is 22.1 Å². The van der Waals surface area contributed by atoms with E-state index in [0.717, 1.165) is 38.5 Å². The van der Waals surface area contributed by atoms with Gasteiger partial charge in [-0.15, -0.1) is 0 Å². The van der Waals surface area contributed by atoms with E-state index in [1.165, 1.54) is 77.0 Å². The number of hydrogen-bond donors (Lipinski definition) is 1. The van der Waals surface area contributed by atoms with E-state index < -0.39 is 33.7 Å². The van der Waals surface area contributed by atoms with E-state index in [1.807, 2.05) is 0 Å². The van der Waals surface area contributed by atoms with Crippen molar-refractivity contribution in [3.63, 3.8) is 0 Å². The average Bonchev–Trinajstić information content (AvgIpc) is 2.83. The van der Waals surface area contributed by atoms with Gasteiger partial charge in [-0.3, -0.25) is 14.1 Å². The summed E-state index contributed by atoms with van der Waals surface area (Å²) in [5.41, 5.74) is 0. The monoisotopic (exact) mass is 582 g/mol. The van der Waals surface area contributed by atoms with Gasteiger partial charge in [-0.05, 0) is 12.8 Å². The van der Waals surface area contributed by atoms with E-state index >= 15 is 0 Å². The zero-order chi connectivity index (χ0) is 26.9. The predicted molar refractivity (Wildman–Crippen MR) is 148 cm³/mol. The molecule has 0 aromatic carbocycles. The Bertz CT molecular complexity index is 657. The van der Waals surface area contributed by atoms with Crippen LogP contribution in [0.5, 0.6) is 0 Å². The molecule has 0 aromatic rings. The Hall–Kier alpha value is 0.850. The molecular weight excluding hydrogens is 526 g/mol. The number of rotatable bonds is 26. The van der Waals surface area contributed by atoms with Gasteiger partial charge in [0.2, 0.25) is 0 Å². The van der Waals surface area contributed by atoms with Gasteiger partial charge >= 0.3 is 71.1 Å². The Morgan fingerprint density at radius 2 is 0.921 bits per heavy atom. The maximum Gasteiger partial charge on any atom is 1.00 e. The van der Waals surface area contributed by atoms with Crippen LogP contribution < -0.4 is 59.1 Å². The topological polar surface area (TPSA) is 107 Å². The average molecular weight is 583 g/mol. The molecule has 0 saturated carbocycles. The summed E-state index contributed by atoms with van der Waals surface area (Å²) >= 11 is 0. The van der Waals surface area contributed by atoms with Gasteiger partial charge in [0.05, 0.1) is 19.6 Å². The summed E-state index contributed by atoms with van der Waals surface area (Å²) in [6.07, 6.45) is 22.1. The van der Waals surface area contributed by atoms with Gasteiger partial charge in [-0.1, -0.05) is 129 Å². The Labute approximate surface area is 281 Å². The first-order valence-corrected chi connectivity index (χ1v) is 16.1. The zero-order valence-electron chi connectivity index (χ0n) is 27.1. The second-order valence-corrected chi connectivity index (χ2v) is 11.6. The minimum absolute atomic E-state index is 0. The molecule has 1 N–H and O–H groups in total. The van der Waals surface area contributed by atoms with Gasteiger partial charge in [0, 0.05) is 0 Å². The first kappa shape index (κ1) is 43.3. The third-order valence-corrected chi connectivity index (χ3v) is 7.56. The summed E-state index contributed by atoms with van der Waals surface area (Å²) in [6.45, 7) is 4.67. The van der Waals surface area contributed by atoms with Crippen LogP contribution in [0, 0.1) is 0 Å². The van der Waals surface area contributed by atoms with Gasteiger partial charge in [-0.2, -0.15) is 8.42 Å². The van der Waals surface area contributed by atoms with Crippen molar-refractivity contribution in [2.24, 2.45) is 0 Å². The Morgan fingerprint density at radius 3 is 1.26 bits per heavy atom. The zero-order valence-corrected chi connectivity index (χ0v) is 30.0. The molecule has 0 heterocycles. The molecule has 0 rings (SSSR count). The van der Waals surface area contributed by atoms with Crippen LogP contribution in [0.25, 0.3) is 0 Å². The predicted octanol–water partition coefficient (Wildman–Crippen LogP) is 1.79. The second-order valence-electron chi connectivity index (χ2n) is 9.96. The van der Waals surface area contributed by atoms with E-state index in [4.69, 9.17) is 9.47 Å². The van der Waals surface area contributed by atoms with Crippen molar-refractivity contribution in [2.45, 2.75) is 154 Å². The van der Waals surface area contributed by atoms with E-state index in [-0.39, 0.29) is 75.2 Å². The summed E-state index contributed by atoms with van der Waals surface area (Å²) in [4.78, 5) is 24.2. The third kappa shape index (κ3) is 28.4. The van der Waals surface area contributed by atoms with Crippen LogP contribution in [-0.2, 0) is 29.2 Å². The smallest absolute Gasteiger partial charge is 1.00 e. The van der Waals surface area contributed by atoms with E-state index in [2.05, 4.69) is 13.8 Å². The minimum Gasteiger partial charge on any atom is -1.00 e. The Kier molecular flexibility index (Phi) is 35.1. The molecule has 0 fully saturated rings. The van der Waals surface area contributed by atoms with Crippen molar-refractivity contribution in [3.05, 3.63) is 0 Å². The van der Waals surface area contributed by atoms with Crippen molar-refractivity contribution in [3.8, 4) is 0 Å². The van der Waals surface area contributed by atoms with E-state index in [0.29, 0.717) is 12.8 Å². The Morgan fingerprint density at radius 1 is 0.605 bits per heavy atom. The molecule has 0 aliphatic rings. The van der Waals surface area contributed by atoms with Gasteiger partial charge in [0.25, 0.3) is 10.1 Å². The Balaban J connectivity index is -0.00000102. The molecule has 0 aromatic heterocycles. The molecule has 7 nitrogen and oxygen atoms in total. The fourth-order valence-corrected chi connectivity index (χ4v) is 4.81. The van der Waals surface area contributed by atoms with Crippen molar-refractivity contribution < 1.29 is 94.0 Å². The molecule has 0 spiro atoms. The van der Waals surface area contributed by atoms with Crippen LogP contribution in [-0.4, -0.2) is 43.4 Å². The second kappa shape index (κ2) is 30.8. The molecule has 1 unspecified atom stereocenters. The maximum absolute atomic E-state index is 12.2. The van der Waals surface area contributed by atoms with Gasteiger partial charge < -0.3 is 12.3 Å². The molecule has 0 radical (unpaired) electrons. The summed E-state index contributed by atoms with van der Waals surface area (Å²) in [7, 11) is -4.75. The minimum atomic E-state index is -4.75. The van der Waals surface area contributed by atoms with Crippen LogP contribution in [0.15, 0.2) is 0 Å². The molecule has 0 aliphatic heterocycles. The molecule has 0 bridgehead atoms. The molecular formula is C28H56Na2O7S. The van der Waals surface area contributed by atoms with E-state index in [9.17, 15) is 22.6 Å². The number of carbonyl (C=O) groups excluding carboxylic acids is 2. The standard InChI is InChI=1S/C28H54O7S.2Na.2H/c1-3-5-7-9-11-13-15-17-19-21-23-34-27(29)25-26(36(31,32)33)28(30)35-24-22-20-18-16-14-12-10-8-6-4-2;;;;/h26H,3-25H2,1-2H3,(H,31,32,33);;;;/q;2*+1;2*-1. The molecule has 0 amide bonds. The van der Waals surface area contributed by atoms with Crippen LogP contribution >= 0.6 is 0 Å². The van der Waals surface area contributed by atoms with Crippen LogP contribution in [0.4, 0.5) is 0 Å². The number of unbranched alkanes of at least 4 members (excludes halogenated alkanes) is 18. The van der Waals surface area contributed by atoms with Crippen LogP contribution in [0.2, 0.25) is 0 Å². The molecule has 38 heavy (non-hydrogen) atoms. The van der Waals surface area contributed by atoms with Crippen LogP contribution in [0.3, 0.4) is 0 Å². The molecule has 1 atom stereocenters. The first-order valence-electron chi connectivity index (χ1n) is 14.6. The van der Waals surface area contributed by atoms with Crippen molar-refractivity contribution in [1.82, 2.24) is 0 Å². The fourth-order valence-electron chi connectivity index (χ4n) is 4.15. The summed E-state index contributed by atoms with van der Waals surface area (Å²) in [6, 6.07) is 0. The quantitative estimate of drug-likeness (QED) is 0.0717. The first-order chi connectivity index (χ1) is 17.3.